The molecule has 0 saturated carbocycles. The Labute approximate surface area is 166 Å². The Bertz CT molecular complexity index is 1040. The lowest BCUT2D eigenvalue weighted by Gasteiger charge is -2.12. The van der Waals surface area contributed by atoms with Gasteiger partial charge in [-0.3, -0.25) is 4.98 Å². The van der Waals surface area contributed by atoms with Crippen molar-refractivity contribution in [2.45, 2.75) is 0 Å². The van der Waals surface area contributed by atoms with Crippen molar-refractivity contribution in [1.82, 2.24) is 9.97 Å². The normalized spacial score (nSPS) is 10.7. The van der Waals surface area contributed by atoms with Gasteiger partial charge < -0.3 is 5.11 Å². The molecule has 1 N–H and O–H groups in total. The highest BCUT2D eigenvalue weighted by molar-refractivity contribution is 6.36. The summed E-state index contributed by atoms with van der Waals surface area (Å²) in [6.07, 6.45) is 1.72. The fraction of sp³-hybridized carbons (Fsp3) is 0. The summed E-state index contributed by atoms with van der Waals surface area (Å²) in [5, 5.41) is 11.1. The van der Waals surface area contributed by atoms with Crippen LogP contribution in [0.25, 0.3) is 33.8 Å². The standard InChI is InChI=1S/C22H14Cl2N2O/c23-16-12-17(22(27)18(24)13-16)15-10-20(14-6-2-1-3-7-14)26-21(11-15)19-8-4-5-9-25-19/h1-13,27H. The number of rotatable bonds is 3. The average molecular weight is 393 g/mol. The van der Waals surface area contributed by atoms with Gasteiger partial charge in [-0.25, -0.2) is 4.98 Å². The van der Waals surface area contributed by atoms with E-state index in [0.717, 1.165) is 22.5 Å². The Morgan fingerprint density at radius 2 is 1.44 bits per heavy atom. The second-order valence-electron chi connectivity index (χ2n) is 5.99. The largest absolute Gasteiger partial charge is 0.506 e. The molecule has 2 heterocycles. The smallest absolute Gasteiger partial charge is 0.142 e. The van der Waals surface area contributed by atoms with Gasteiger partial charge in [0.15, 0.2) is 0 Å². The van der Waals surface area contributed by atoms with Gasteiger partial charge in [-0.1, -0.05) is 59.6 Å². The van der Waals surface area contributed by atoms with Gasteiger partial charge in [-0.15, -0.1) is 0 Å². The number of hydrogen-bond acceptors (Lipinski definition) is 3. The molecule has 3 nitrogen and oxygen atoms in total. The third-order valence-electron chi connectivity index (χ3n) is 4.16. The minimum Gasteiger partial charge on any atom is -0.506 e. The highest BCUT2D eigenvalue weighted by Crippen LogP contribution is 2.40. The topological polar surface area (TPSA) is 46.0 Å². The summed E-state index contributed by atoms with van der Waals surface area (Å²) in [6.45, 7) is 0. The van der Waals surface area contributed by atoms with Crippen LogP contribution in [-0.2, 0) is 0 Å². The highest BCUT2D eigenvalue weighted by atomic mass is 35.5. The van der Waals surface area contributed by atoms with Gasteiger partial charge in [0.25, 0.3) is 0 Å². The van der Waals surface area contributed by atoms with Crippen molar-refractivity contribution >= 4 is 23.2 Å². The van der Waals surface area contributed by atoms with Crippen molar-refractivity contribution in [3.05, 3.63) is 89.0 Å². The molecule has 0 unspecified atom stereocenters. The first-order valence-corrected chi connectivity index (χ1v) is 9.05. The molecule has 4 aromatic rings. The minimum absolute atomic E-state index is 0.0155. The Hall–Kier alpha value is -2.88. The number of hydrogen-bond donors (Lipinski definition) is 1. The number of nitrogens with zero attached hydrogens (tertiary/aromatic N) is 2. The fourth-order valence-electron chi connectivity index (χ4n) is 2.87. The molecule has 0 spiro atoms. The van der Waals surface area contributed by atoms with E-state index in [2.05, 4.69) is 4.98 Å². The van der Waals surface area contributed by atoms with E-state index >= 15 is 0 Å². The molecule has 132 valence electrons. The zero-order chi connectivity index (χ0) is 18.8. The Morgan fingerprint density at radius 1 is 0.704 bits per heavy atom. The molecule has 0 aliphatic heterocycles. The minimum atomic E-state index is -0.0155. The van der Waals surface area contributed by atoms with Crippen LogP contribution in [0.4, 0.5) is 0 Å². The maximum atomic E-state index is 10.5. The van der Waals surface area contributed by atoms with Gasteiger partial charge in [0, 0.05) is 22.3 Å². The van der Waals surface area contributed by atoms with Crippen molar-refractivity contribution < 1.29 is 5.11 Å². The summed E-state index contributed by atoms with van der Waals surface area (Å²) in [5.74, 6) is -0.0155. The number of phenolic OH excluding ortho intramolecular Hbond substituents is 1. The Kier molecular flexibility index (Phi) is 4.80. The van der Waals surface area contributed by atoms with Crippen molar-refractivity contribution in [2.75, 3.05) is 0 Å². The number of aromatic nitrogens is 2. The van der Waals surface area contributed by atoms with E-state index in [9.17, 15) is 5.11 Å². The first kappa shape index (κ1) is 17.5. The zero-order valence-electron chi connectivity index (χ0n) is 14.1. The lowest BCUT2D eigenvalue weighted by molar-refractivity contribution is 0.477. The fourth-order valence-corrected chi connectivity index (χ4v) is 3.37. The van der Waals surface area contributed by atoms with Gasteiger partial charge in [0.2, 0.25) is 0 Å². The number of aromatic hydroxyl groups is 1. The summed E-state index contributed by atoms with van der Waals surface area (Å²) in [5.41, 5.74) is 4.47. The van der Waals surface area contributed by atoms with E-state index < -0.39 is 0 Å². The molecule has 0 atom stereocenters. The molecule has 4 rings (SSSR count). The average Bonchev–Trinajstić information content (AvgIpc) is 2.71. The van der Waals surface area contributed by atoms with Crippen LogP contribution in [0, 0.1) is 0 Å². The van der Waals surface area contributed by atoms with Crippen LogP contribution in [-0.4, -0.2) is 15.1 Å². The van der Waals surface area contributed by atoms with Crippen LogP contribution in [0.2, 0.25) is 10.0 Å². The van der Waals surface area contributed by atoms with E-state index in [-0.39, 0.29) is 10.8 Å². The summed E-state index contributed by atoms with van der Waals surface area (Å²) in [6, 6.07) is 22.5. The van der Waals surface area contributed by atoms with Gasteiger partial charge in [0.05, 0.1) is 22.1 Å². The summed E-state index contributed by atoms with van der Waals surface area (Å²) in [7, 11) is 0. The molecular formula is C22H14Cl2N2O. The van der Waals surface area contributed by atoms with Crippen molar-refractivity contribution in [1.29, 1.82) is 0 Å². The van der Waals surface area contributed by atoms with Crippen LogP contribution in [0.5, 0.6) is 5.75 Å². The Morgan fingerprint density at radius 3 is 2.19 bits per heavy atom. The summed E-state index contributed by atoms with van der Waals surface area (Å²) < 4.78 is 0. The first-order chi connectivity index (χ1) is 13.1. The van der Waals surface area contributed by atoms with Crippen molar-refractivity contribution in [3.63, 3.8) is 0 Å². The van der Waals surface area contributed by atoms with Crippen LogP contribution in [0.3, 0.4) is 0 Å². The highest BCUT2D eigenvalue weighted by Gasteiger charge is 2.14. The molecule has 5 heteroatoms. The van der Waals surface area contributed by atoms with Gasteiger partial charge in [0.1, 0.15) is 5.75 Å². The van der Waals surface area contributed by atoms with E-state index in [0.29, 0.717) is 16.3 Å². The number of pyridine rings is 2. The molecule has 2 aromatic heterocycles. The van der Waals surface area contributed by atoms with E-state index in [4.69, 9.17) is 28.2 Å². The molecule has 0 aliphatic rings. The molecule has 0 aliphatic carbocycles. The monoisotopic (exact) mass is 392 g/mol. The second kappa shape index (κ2) is 7.39. The number of benzene rings is 2. The zero-order valence-corrected chi connectivity index (χ0v) is 15.6. The van der Waals surface area contributed by atoms with Crippen LogP contribution in [0.15, 0.2) is 79.0 Å². The van der Waals surface area contributed by atoms with Crippen LogP contribution < -0.4 is 0 Å². The predicted octanol–water partition coefficient (Wildman–Crippen LogP) is 6.49. The predicted molar refractivity (Wildman–Crippen MR) is 110 cm³/mol. The maximum absolute atomic E-state index is 10.5. The SMILES string of the molecule is Oc1c(Cl)cc(Cl)cc1-c1cc(-c2ccccc2)nc(-c2ccccn2)c1. The second-order valence-corrected chi connectivity index (χ2v) is 6.83. The van der Waals surface area contributed by atoms with Gasteiger partial charge in [-0.2, -0.15) is 0 Å². The van der Waals surface area contributed by atoms with Crippen LogP contribution in [0.1, 0.15) is 0 Å². The third kappa shape index (κ3) is 3.65. The lowest BCUT2D eigenvalue weighted by Crippen LogP contribution is -1.93. The molecule has 0 bridgehead atoms. The number of phenols is 1. The summed E-state index contributed by atoms with van der Waals surface area (Å²) in [4.78, 5) is 9.16. The number of halogens is 2. The Balaban J connectivity index is 1.97. The molecule has 0 saturated heterocycles. The first-order valence-electron chi connectivity index (χ1n) is 8.29. The molecule has 0 radical (unpaired) electrons. The molecule has 0 amide bonds. The van der Waals surface area contributed by atoms with Gasteiger partial charge in [-0.05, 0) is 42.0 Å². The van der Waals surface area contributed by atoms with Crippen LogP contribution >= 0.6 is 23.2 Å². The summed E-state index contributed by atoms with van der Waals surface area (Å²) >= 11 is 12.3. The quantitative estimate of drug-likeness (QED) is 0.433. The van der Waals surface area contributed by atoms with E-state index in [1.54, 1.807) is 12.3 Å². The molecule has 0 fully saturated rings. The molecule has 2 aromatic carbocycles. The van der Waals surface area contributed by atoms with Crippen molar-refractivity contribution in [3.8, 4) is 39.5 Å². The molecular weight excluding hydrogens is 379 g/mol. The lowest BCUT2D eigenvalue weighted by atomic mass is 10.0. The van der Waals surface area contributed by atoms with Gasteiger partial charge >= 0.3 is 0 Å². The van der Waals surface area contributed by atoms with E-state index in [1.165, 1.54) is 6.07 Å². The van der Waals surface area contributed by atoms with E-state index in [1.807, 2.05) is 60.7 Å². The third-order valence-corrected chi connectivity index (χ3v) is 4.67. The van der Waals surface area contributed by atoms with Crippen molar-refractivity contribution in [2.24, 2.45) is 0 Å². The molecule has 27 heavy (non-hydrogen) atoms. The maximum Gasteiger partial charge on any atom is 0.142 e.